The van der Waals surface area contributed by atoms with Gasteiger partial charge >= 0.3 is 0 Å². The fourth-order valence-electron chi connectivity index (χ4n) is 0.718. The lowest BCUT2D eigenvalue weighted by Crippen LogP contribution is -2.24. The molecular weight excluding hydrogens is 106 g/mol. The molecule has 0 aromatic heterocycles. The van der Waals surface area contributed by atoms with Crippen LogP contribution in [0, 0.1) is 0 Å². The molecule has 0 spiro atoms. The monoisotopic (exact) mass is 117 g/mol. The van der Waals surface area contributed by atoms with E-state index in [2.05, 4.69) is 5.32 Å². The normalized spacial score (nSPS) is 28.9. The lowest BCUT2D eigenvalue weighted by atomic mass is 10.4. The van der Waals surface area contributed by atoms with Gasteiger partial charge in [0.05, 0.1) is 12.7 Å². The van der Waals surface area contributed by atoms with E-state index in [0.29, 0.717) is 6.79 Å². The highest BCUT2D eigenvalue weighted by Gasteiger charge is 2.13. The predicted molar refractivity (Wildman–Crippen MR) is 29.6 cm³/mol. The summed E-state index contributed by atoms with van der Waals surface area (Å²) < 4.78 is 10.1. The van der Waals surface area contributed by atoms with E-state index in [-0.39, 0.29) is 6.10 Å². The van der Waals surface area contributed by atoms with Gasteiger partial charge in [-0.2, -0.15) is 0 Å². The van der Waals surface area contributed by atoms with E-state index in [0.717, 1.165) is 13.2 Å². The molecule has 1 aliphatic heterocycles. The van der Waals surface area contributed by atoms with Gasteiger partial charge in [-0.05, 0) is 7.05 Å². The number of likely N-dealkylation sites (N-methyl/N-ethyl adjacent to an activating group) is 1. The largest absolute Gasteiger partial charge is 0.353 e. The Labute approximate surface area is 49.0 Å². The maximum Gasteiger partial charge on any atom is 0.147 e. The molecule has 1 rings (SSSR count). The zero-order valence-corrected chi connectivity index (χ0v) is 5.02. The van der Waals surface area contributed by atoms with Crippen molar-refractivity contribution >= 4 is 0 Å². The van der Waals surface area contributed by atoms with Crippen LogP contribution in [0.25, 0.3) is 0 Å². The summed E-state index contributed by atoms with van der Waals surface area (Å²) in [6.07, 6.45) is 0.278. The first-order chi connectivity index (χ1) is 3.93. The van der Waals surface area contributed by atoms with Crippen LogP contribution in [-0.2, 0) is 9.47 Å². The van der Waals surface area contributed by atoms with Crippen molar-refractivity contribution in [2.75, 3.05) is 27.0 Å². The summed E-state index contributed by atoms with van der Waals surface area (Å²) in [5.74, 6) is 0. The fourth-order valence-corrected chi connectivity index (χ4v) is 0.718. The average molecular weight is 117 g/mol. The summed E-state index contributed by atoms with van der Waals surface area (Å²) in [6, 6.07) is 0. The molecule has 0 aromatic rings. The van der Waals surface area contributed by atoms with Crippen molar-refractivity contribution in [3.05, 3.63) is 0 Å². The predicted octanol–water partition coefficient (Wildman–Crippen LogP) is -0.421. The average Bonchev–Trinajstić information content (AvgIpc) is 2.19. The van der Waals surface area contributed by atoms with Gasteiger partial charge in [0.15, 0.2) is 0 Å². The maximum atomic E-state index is 5.11. The Kier molecular flexibility index (Phi) is 2.27. The van der Waals surface area contributed by atoms with Crippen LogP contribution < -0.4 is 5.32 Å². The molecule has 1 aliphatic rings. The molecule has 3 nitrogen and oxygen atoms in total. The van der Waals surface area contributed by atoms with Crippen LogP contribution in [-0.4, -0.2) is 33.1 Å². The third kappa shape index (κ3) is 1.43. The van der Waals surface area contributed by atoms with Crippen molar-refractivity contribution in [2.24, 2.45) is 0 Å². The molecule has 8 heavy (non-hydrogen) atoms. The zero-order chi connectivity index (χ0) is 5.82. The number of nitrogens with one attached hydrogen (secondary N) is 1. The minimum absolute atomic E-state index is 0.278. The highest BCUT2D eigenvalue weighted by molar-refractivity contribution is 4.60. The Balaban J connectivity index is 2.06. The molecule has 0 aromatic carbocycles. The van der Waals surface area contributed by atoms with Gasteiger partial charge in [-0.25, -0.2) is 0 Å². The summed E-state index contributed by atoms with van der Waals surface area (Å²) in [5, 5.41) is 3.00. The van der Waals surface area contributed by atoms with Crippen molar-refractivity contribution in [2.45, 2.75) is 6.10 Å². The van der Waals surface area contributed by atoms with E-state index in [4.69, 9.17) is 9.47 Å². The molecule has 1 fully saturated rings. The molecule has 1 saturated heterocycles. The van der Waals surface area contributed by atoms with Crippen LogP contribution in [0.4, 0.5) is 0 Å². The molecule has 0 unspecified atom stereocenters. The molecular formula is C5H11NO2. The van der Waals surface area contributed by atoms with Crippen LogP contribution in [0.1, 0.15) is 0 Å². The van der Waals surface area contributed by atoms with Crippen molar-refractivity contribution < 1.29 is 9.47 Å². The fraction of sp³-hybridized carbons (Fsp3) is 1.00. The van der Waals surface area contributed by atoms with Crippen molar-refractivity contribution in [3.63, 3.8) is 0 Å². The van der Waals surface area contributed by atoms with Crippen LogP contribution in [0.2, 0.25) is 0 Å². The molecule has 0 bridgehead atoms. The van der Waals surface area contributed by atoms with E-state index < -0.39 is 0 Å². The molecule has 0 radical (unpaired) electrons. The first kappa shape index (κ1) is 6.01. The Morgan fingerprint density at radius 3 is 3.12 bits per heavy atom. The van der Waals surface area contributed by atoms with Crippen LogP contribution in [0.15, 0.2) is 0 Å². The Hall–Kier alpha value is -0.120. The highest BCUT2D eigenvalue weighted by atomic mass is 16.7. The first-order valence-electron chi connectivity index (χ1n) is 2.77. The molecule has 0 amide bonds. The molecule has 3 heteroatoms. The second-order valence-corrected chi connectivity index (χ2v) is 1.83. The standard InChI is InChI=1S/C5H11NO2/c1-6-2-5-3-7-4-8-5/h5-6H,2-4H2,1H3/t5-/m0/s1. The van der Waals surface area contributed by atoms with Crippen LogP contribution in [0.3, 0.4) is 0 Å². The lowest BCUT2D eigenvalue weighted by Gasteiger charge is -2.03. The van der Waals surface area contributed by atoms with E-state index in [1.165, 1.54) is 0 Å². The Bertz CT molecular complexity index is 61.4. The smallest absolute Gasteiger partial charge is 0.147 e. The first-order valence-corrected chi connectivity index (χ1v) is 2.77. The van der Waals surface area contributed by atoms with Crippen molar-refractivity contribution in [1.29, 1.82) is 0 Å². The summed E-state index contributed by atoms with van der Waals surface area (Å²) in [6.45, 7) is 2.09. The van der Waals surface area contributed by atoms with Crippen molar-refractivity contribution in [3.8, 4) is 0 Å². The Morgan fingerprint density at radius 2 is 2.62 bits per heavy atom. The van der Waals surface area contributed by atoms with Gasteiger partial charge in [-0.15, -0.1) is 0 Å². The van der Waals surface area contributed by atoms with Gasteiger partial charge in [0, 0.05) is 6.54 Å². The maximum absolute atomic E-state index is 5.11. The minimum Gasteiger partial charge on any atom is -0.353 e. The van der Waals surface area contributed by atoms with E-state index in [1.54, 1.807) is 0 Å². The second kappa shape index (κ2) is 3.02. The third-order valence-electron chi connectivity index (χ3n) is 1.12. The lowest BCUT2D eigenvalue weighted by molar-refractivity contribution is 0.0474. The van der Waals surface area contributed by atoms with Crippen molar-refractivity contribution in [1.82, 2.24) is 5.32 Å². The molecule has 0 saturated carbocycles. The van der Waals surface area contributed by atoms with Gasteiger partial charge in [-0.1, -0.05) is 0 Å². The summed E-state index contributed by atoms with van der Waals surface area (Å²) in [5.41, 5.74) is 0. The second-order valence-electron chi connectivity index (χ2n) is 1.83. The number of rotatable bonds is 2. The zero-order valence-electron chi connectivity index (χ0n) is 5.02. The number of ether oxygens (including phenoxy) is 2. The molecule has 1 heterocycles. The summed E-state index contributed by atoms with van der Waals surface area (Å²) in [4.78, 5) is 0. The van der Waals surface area contributed by atoms with Gasteiger partial charge < -0.3 is 14.8 Å². The van der Waals surface area contributed by atoms with Gasteiger partial charge in [0.1, 0.15) is 6.79 Å². The van der Waals surface area contributed by atoms with E-state index in [1.807, 2.05) is 7.05 Å². The Morgan fingerprint density at radius 1 is 1.75 bits per heavy atom. The minimum atomic E-state index is 0.278. The highest BCUT2D eigenvalue weighted by Crippen LogP contribution is 1.99. The molecule has 48 valence electrons. The van der Waals surface area contributed by atoms with Gasteiger partial charge in [-0.3, -0.25) is 0 Å². The quantitative estimate of drug-likeness (QED) is 0.532. The molecule has 1 atom stereocenters. The third-order valence-corrected chi connectivity index (χ3v) is 1.12. The van der Waals surface area contributed by atoms with Crippen LogP contribution >= 0.6 is 0 Å². The van der Waals surface area contributed by atoms with Gasteiger partial charge in [0.25, 0.3) is 0 Å². The molecule has 0 aliphatic carbocycles. The molecule has 1 N–H and O–H groups in total. The SMILES string of the molecule is CNC[C@H]1COCO1. The van der Waals surface area contributed by atoms with E-state index in [9.17, 15) is 0 Å². The number of hydrogen-bond acceptors (Lipinski definition) is 3. The van der Waals surface area contributed by atoms with Crippen LogP contribution in [0.5, 0.6) is 0 Å². The number of hydrogen-bond donors (Lipinski definition) is 1. The summed E-state index contributed by atoms with van der Waals surface area (Å²) in [7, 11) is 1.90. The van der Waals surface area contributed by atoms with E-state index >= 15 is 0 Å². The topological polar surface area (TPSA) is 30.5 Å². The summed E-state index contributed by atoms with van der Waals surface area (Å²) >= 11 is 0. The van der Waals surface area contributed by atoms with Gasteiger partial charge in [0.2, 0.25) is 0 Å².